The summed E-state index contributed by atoms with van der Waals surface area (Å²) < 4.78 is 65.1. The van der Waals surface area contributed by atoms with Gasteiger partial charge in [0.2, 0.25) is 21.8 Å². The van der Waals surface area contributed by atoms with Crippen LogP contribution in [0.5, 0.6) is 0 Å². The van der Waals surface area contributed by atoms with Gasteiger partial charge in [0.25, 0.3) is 0 Å². The van der Waals surface area contributed by atoms with Crippen molar-refractivity contribution < 1.29 is 31.2 Å². The Morgan fingerprint density at radius 3 is 2.32 bits per heavy atom. The number of nitrogens with zero attached hydrogens (tertiary/aromatic N) is 2. The molecule has 13 heteroatoms. The van der Waals surface area contributed by atoms with E-state index in [0.717, 1.165) is 28.8 Å². The molecule has 0 saturated heterocycles. The van der Waals surface area contributed by atoms with Crippen molar-refractivity contribution in [2.75, 3.05) is 23.7 Å². The van der Waals surface area contributed by atoms with Gasteiger partial charge < -0.3 is 10.2 Å². The molecule has 1 N–H and O–H groups in total. The fourth-order valence-corrected chi connectivity index (χ4v) is 5.31. The third-order valence-electron chi connectivity index (χ3n) is 5.71. The van der Waals surface area contributed by atoms with Crippen LogP contribution in [0.4, 0.5) is 18.9 Å². The van der Waals surface area contributed by atoms with E-state index >= 15 is 0 Å². The lowest BCUT2D eigenvalue weighted by atomic mass is 10.1. The first-order chi connectivity index (χ1) is 17.7. The lowest BCUT2D eigenvalue weighted by Gasteiger charge is -2.31. The van der Waals surface area contributed by atoms with Crippen LogP contribution in [0.2, 0.25) is 10.0 Å². The lowest BCUT2D eigenvalue weighted by molar-refractivity contribution is -0.141. The average molecular weight is 596 g/mol. The summed E-state index contributed by atoms with van der Waals surface area (Å²) in [5.74, 6) is -0.790. The Bertz CT molecular complexity index is 1240. The first-order valence-corrected chi connectivity index (χ1v) is 14.5. The van der Waals surface area contributed by atoms with Crippen molar-refractivity contribution in [1.29, 1.82) is 0 Å². The SMILES string of the molecule is CCNC(=O)[C@H](CC)N(Cc1ccc(Cl)cc1Cl)C(=O)CCCN(c1cccc(C(F)(F)F)c1)S(C)(=O)=O. The summed E-state index contributed by atoms with van der Waals surface area (Å²) in [5, 5.41) is 3.43. The highest BCUT2D eigenvalue weighted by atomic mass is 35.5. The number of sulfonamides is 1. The van der Waals surface area contributed by atoms with Gasteiger partial charge in [-0.05, 0) is 55.7 Å². The smallest absolute Gasteiger partial charge is 0.355 e. The number of carbonyl (C=O) groups excluding carboxylic acids is 2. The zero-order valence-corrected chi connectivity index (χ0v) is 23.5. The van der Waals surface area contributed by atoms with Gasteiger partial charge in [-0.2, -0.15) is 13.2 Å². The van der Waals surface area contributed by atoms with Gasteiger partial charge in [0.05, 0.1) is 17.5 Å². The van der Waals surface area contributed by atoms with E-state index in [4.69, 9.17) is 23.2 Å². The number of likely N-dealkylation sites (N-methyl/N-ethyl adjacent to an activating group) is 1. The molecule has 0 aliphatic rings. The predicted molar refractivity (Wildman–Crippen MR) is 143 cm³/mol. The summed E-state index contributed by atoms with van der Waals surface area (Å²) in [7, 11) is -3.95. The van der Waals surface area contributed by atoms with Gasteiger partial charge in [0, 0.05) is 36.1 Å². The molecule has 0 spiro atoms. The summed E-state index contributed by atoms with van der Waals surface area (Å²) in [6.45, 7) is 3.63. The molecular weight excluding hydrogens is 566 g/mol. The summed E-state index contributed by atoms with van der Waals surface area (Å²) >= 11 is 12.3. The second kappa shape index (κ2) is 13.5. The Kier molecular flexibility index (Phi) is 11.3. The second-order valence-electron chi connectivity index (χ2n) is 8.56. The van der Waals surface area contributed by atoms with Gasteiger partial charge in [-0.3, -0.25) is 13.9 Å². The Morgan fingerprint density at radius 1 is 1.08 bits per heavy atom. The van der Waals surface area contributed by atoms with Crippen LogP contribution in [0.15, 0.2) is 42.5 Å². The zero-order valence-electron chi connectivity index (χ0n) is 21.2. The topological polar surface area (TPSA) is 86.8 Å². The molecule has 0 aromatic heterocycles. The maximum Gasteiger partial charge on any atom is 0.416 e. The van der Waals surface area contributed by atoms with E-state index in [9.17, 15) is 31.2 Å². The number of hydrogen-bond donors (Lipinski definition) is 1. The van der Waals surface area contributed by atoms with Crippen molar-refractivity contribution in [2.45, 2.75) is 51.9 Å². The minimum absolute atomic E-state index is 0.00116. The summed E-state index contributed by atoms with van der Waals surface area (Å²) in [6, 6.07) is 7.94. The number of benzene rings is 2. The first-order valence-electron chi connectivity index (χ1n) is 11.8. The highest BCUT2D eigenvalue weighted by Gasteiger charge is 2.32. The maximum absolute atomic E-state index is 13.3. The molecule has 2 aromatic carbocycles. The van der Waals surface area contributed by atoms with Crippen molar-refractivity contribution in [3.63, 3.8) is 0 Å². The molecule has 0 radical (unpaired) electrons. The molecule has 0 fully saturated rings. The van der Waals surface area contributed by atoms with Crippen LogP contribution in [0.1, 0.15) is 44.2 Å². The quantitative estimate of drug-likeness (QED) is 0.351. The molecule has 0 saturated carbocycles. The Balaban J connectivity index is 2.28. The lowest BCUT2D eigenvalue weighted by Crippen LogP contribution is -2.49. The van der Waals surface area contributed by atoms with Crippen LogP contribution in [0.25, 0.3) is 0 Å². The molecule has 0 unspecified atom stereocenters. The Morgan fingerprint density at radius 2 is 1.76 bits per heavy atom. The molecule has 2 rings (SSSR count). The number of alkyl halides is 3. The number of amides is 2. The fraction of sp³-hybridized carbons (Fsp3) is 0.440. The van der Waals surface area contributed by atoms with Crippen molar-refractivity contribution in [3.05, 3.63) is 63.6 Å². The third-order valence-corrected chi connectivity index (χ3v) is 7.49. The van der Waals surface area contributed by atoms with Gasteiger partial charge in [0.15, 0.2) is 0 Å². The van der Waals surface area contributed by atoms with Crippen molar-refractivity contribution in [3.8, 4) is 0 Å². The van der Waals surface area contributed by atoms with Gasteiger partial charge in [-0.15, -0.1) is 0 Å². The monoisotopic (exact) mass is 595 g/mol. The molecule has 0 heterocycles. The van der Waals surface area contributed by atoms with Gasteiger partial charge in [0.1, 0.15) is 6.04 Å². The summed E-state index contributed by atoms with van der Waals surface area (Å²) in [4.78, 5) is 27.4. The van der Waals surface area contributed by atoms with Crippen molar-refractivity contribution >= 4 is 50.7 Å². The Labute approximate surface area is 230 Å². The number of carbonyl (C=O) groups is 2. The van der Waals surface area contributed by atoms with E-state index in [-0.39, 0.29) is 37.5 Å². The maximum atomic E-state index is 13.3. The highest BCUT2D eigenvalue weighted by Crippen LogP contribution is 2.32. The second-order valence-corrected chi connectivity index (χ2v) is 11.3. The molecule has 0 aliphatic heterocycles. The van der Waals surface area contributed by atoms with Crippen LogP contribution in [-0.2, 0) is 32.3 Å². The van der Waals surface area contributed by atoms with Gasteiger partial charge >= 0.3 is 6.18 Å². The van der Waals surface area contributed by atoms with Crippen LogP contribution in [0, 0.1) is 0 Å². The number of rotatable bonds is 12. The van der Waals surface area contributed by atoms with Gasteiger partial charge in [-0.1, -0.05) is 42.3 Å². The number of halogens is 5. The minimum atomic E-state index is -4.65. The normalized spacial score (nSPS) is 12.6. The largest absolute Gasteiger partial charge is 0.416 e. The molecule has 38 heavy (non-hydrogen) atoms. The molecule has 1 atom stereocenters. The summed E-state index contributed by atoms with van der Waals surface area (Å²) in [6.07, 6.45) is -3.62. The van der Waals surface area contributed by atoms with E-state index in [1.54, 1.807) is 26.0 Å². The van der Waals surface area contributed by atoms with Crippen LogP contribution >= 0.6 is 23.2 Å². The summed E-state index contributed by atoms with van der Waals surface area (Å²) in [5.41, 5.74) is -0.583. The molecule has 0 bridgehead atoms. The standard InChI is InChI=1S/C25H30Cl2F3N3O4S/c1-4-22(24(35)31-5-2)32(16-17-11-12-19(26)15-21(17)27)23(34)10-7-13-33(38(3,36)37)20-9-6-8-18(14-20)25(28,29)30/h6,8-9,11-12,14-15,22H,4-5,7,10,13,16H2,1-3H3,(H,31,35)/t22-/m0/s1. The van der Waals surface area contributed by atoms with Crippen molar-refractivity contribution in [1.82, 2.24) is 10.2 Å². The first kappa shape index (κ1) is 31.7. The van der Waals surface area contributed by atoms with E-state index in [0.29, 0.717) is 28.6 Å². The van der Waals surface area contributed by atoms with E-state index in [2.05, 4.69) is 5.32 Å². The molecule has 210 valence electrons. The predicted octanol–water partition coefficient (Wildman–Crippen LogP) is 5.50. The van der Waals surface area contributed by atoms with Crippen molar-refractivity contribution in [2.24, 2.45) is 0 Å². The van der Waals surface area contributed by atoms with Crippen LogP contribution in [-0.4, -0.2) is 50.5 Å². The molecule has 2 amide bonds. The van der Waals surface area contributed by atoms with Crippen LogP contribution < -0.4 is 9.62 Å². The number of nitrogens with one attached hydrogen (secondary N) is 1. The minimum Gasteiger partial charge on any atom is -0.355 e. The average Bonchev–Trinajstić information content (AvgIpc) is 2.81. The molecule has 2 aromatic rings. The fourth-order valence-electron chi connectivity index (χ4n) is 3.89. The van der Waals surface area contributed by atoms with Crippen LogP contribution in [0.3, 0.4) is 0 Å². The van der Waals surface area contributed by atoms with E-state index in [1.807, 2.05) is 0 Å². The molecule has 7 nitrogen and oxygen atoms in total. The van der Waals surface area contributed by atoms with Gasteiger partial charge in [-0.25, -0.2) is 8.42 Å². The number of hydrogen-bond acceptors (Lipinski definition) is 4. The Hall–Kier alpha value is -2.50. The molecule has 0 aliphatic carbocycles. The van der Waals surface area contributed by atoms with E-state index < -0.39 is 33.7 Å². The highest BCUT2D eigenvalue weighted by molar-refractivity contribution is 7.92. The third kappa shape index (κ3) is 8.78. The zero-order chi connectivity index (χ0) is 28.7. The number of anilines is 1. The van der Waals surface area contributed by atoms with E-state index in [1.165, 1.54) is 17.0 Å². The molecular formula is C25H30Cl2F3N3O4S.